The zero-order valence-corrected chi connectivity index (χ0v) is 10.3. The number of halogens is 1. The van der Waals surface area contributed by atoms with Gasteiger partial charge in [-0.2, -0.15) is 0 Å². The van der Waals surface area contributed by atoms with E-state index in [1.54, 1.807) is 11.3 Å². The SMILES string of the molecule is Nc1ccccc1OCc1sccc1Br. The van der Waals surface area contributed by atoms with Crippen LogP contribution in [-0.4, -0.2) is 0 Å². The predicted molar refractivity (Wildman–Crippen MR) is 67.2 cm³/mol. The molecule has 0 saturated heterocycles. The number of para-hydroxylation sites is 2. The summed E-state index contributed by atoms with van der Waals surface area (Å²) >= 11 is 5.12. The largest absolute Gasteiger partial charge is 0.486 e. The molecule has 0 saturated carbocycles. The van der Waals surface area contributed by atoms with Gasteiger partial charge in [0.25, 0.3) is 0 Å². The molecule has 1 aromatic carbocycles. The molecule has 4 heteroatoms. The maximum absolute atomic E-state index is 5.76. The first-order valence-corrected chi connectivity index (χ1v) is 6.14. The third kappa shape index (κ3) is 2.52. The number of thiophene rings is 1. The van der Waals surface area contributed by atoms with E-state index in [4.69, 9.17) is 10.5 Å². The van der Waals surface area contributed by atoms with Crippen LogP contribution in [0.25, 0.3) is 0 Å². The summed E-state index contributed by atoms with van der Waals surface area (Å²) in [5, 5.41) is 2.02. The van der Waals surface area contributed by atoms with Gasteiger partial charge in [0.05, 0.1) is 10.6 Å². The van der Waals surface area contributed by atoms with Gasteiger partial charge in [0.15, 0.2) is 0 Å². The number of hydrogen-bond donors (Lipinski definition) is 1. The number of benzene rings is 1. The lowest BCUT2D eigenvalue weighted by molar-refractivity contribution is 0.311. The van der Waals surface area contributed by atoms with Gasteiger partial charge < -0.3 is 10.5 Å². The Hall–Kier alpha value is -1.00. The van der Waals surface area contributed by atoms with Gasteiger partial charge in [-0.3, -0.25) is 0 Å². The summed E-state index contributed by atoms with van der Waals surface area (Å²) in [6.45, 7) is 0.548. The number of anilines is 1. The van der Waals surface area contributed by atoms with Gasteiger partial charge in [-0.25, -0.2) is 0 Å². The lowest BCUT2D eigenvalue weighted by atomic mass is 10.3. The van der Waals surface area contributed by atoms with Crippen molar-refractivity contribution in [2.24, 2.45) is 0 Å². The smallest absolute Gasteiger partial charge is 0.142 e. The van der Waals surface area contributed by atoms with E-state index in [-0.39, 0.29) is 0 Å². The van der Waals surface area contributed by atoms with Crippen LogP contribution in [-0.2, 0) is 6.61 Å². The van der Waals surface area contributed by atoms with Gasteiger partial charge in [0, 0.05) is 4.47 Å². The van der Waals surface area contributed by atoms with E-state index in [1.807, 2.05) is 35.7 Å². The normalized spacial score (nSPS) is 10.2. The zero-order valence-electron chi connectivity index (χ0n) is 7.94. The number of nitrogens with two attached hydrogens (primary N) is 1. The van der Waals surface area contributed by atoms with E-state index in [0.717, 1.165) is 10.2 Å². The summed E-state index contributed by atoms with van der Waals surface area (Å²) in [6.07, 6.45) is 0. The van der Waals surface area contributed by atoms with Crippen LogP contribution in [0.15, 0.2) is 40.2 Å². The van der Waals surface area contributed by atoms with Crippen molar-refractivity contribution in [1.82, 2.24) is 0 Å². The molecule has 0 spiro atoms. The van der Waals surface area contributed by atoms with E-state index in [1.165, 1.54) is 4.88 Å². The first-order chi connectivity index (χ1) is 7.27. The van der Waals surface area contributed by atoms with E-state index < -0.39 is 0 Å². The molecule has 2 rings (SSSR count). The minimum absolute atomic E-state index is 0.548. The molecule has 0 bridgehead atoms. The maximum Gasteiger partial charge on any atom is 0.142 e. The van der Waals surface area contributed by atoms with Crippen molar-refractivity contribution in [3.8, 4) is 5.75 Å². The molecule has 2 nitrogen and oxygen atoms in total. The Morgan fingerprint density at radius 3 is 2.73 bits per heavy atom. The van der Waals surface area contributed by atoms with Crippen molar-refractivity contribution in [2.45, 2.75) is 6.61 Å². The highest BCUT2D eigenvalue weighted by Gasteiger charge is 2.03. The molecular formula is C11H10BrNOS. The second-order valence-corrected chi connectivity index (χ2v) is 4.87. The Bertz CT molecular complexity index is 455. The fourth-order valence-corrected chi connectivity index (χ4v) is 2.56. The molecule has 2 N–H and O–H groups in total. The molecule has 0 atom stereocenters. The van der Waals surface area contributed by atoms with Gasteiger partial charge in [-0.1, -0.05) is 12.1 Å². The summed E-state index contributed by atoms with van der Waals surface area (Å²) in [4.78, 5) is 1.17. The lowest BCUT2D eigenvalue weighted by Gasteiger charge is -2.07. The van der Waals surface area contributed by atoms with Crippen LogP contribution < -0.4 is 10.5 Å². The van der Waals surface area contributed by atoms with Crippen molar-refractivity contribution in [2.75, 3.05) is 5.73 Å². The van der Waals surface area contributed by atoms with E-state index in [2.05, 4.69) is 15.9 Å². The number of ether oxygens (including phenoxy) is 1. The molecule has 15 heavy (non-hydrogen) atoms. The van der Waals surface area contributed by atoms with Gasteiger partial charge in [-0.05, 0) is 39.5 Å². The molecule has 0 aliphatic carbocycles. The molecule has 0 unspecified atom stereocenters. The molecule has 0 aliphatic rings. The van der Waals surface area contributed by atoms with E-state index in [9.17, 15) is 0 Å². The topological polar surface area (TPSA) is 35.2 Å². The molecule has 0 fully saturated rings. The number of hydrogen-bond acceptors (Lipinski definition) is 3. The number of nitrogen functional groups attached to an aromatic ring is 1. The Balaban J connectivity index is 2.06. The van der Waals surface area contributed by atoms with Crippen LogP contribution in [0.1, 0.15) is 4.88 Å². The third-order valence-corrected chi connectivity index (χ3v) is 3.87. The second-order valence-electron chi connectivity index (χ2n) is 3.02. The molecule has 2 aromatic rings. The molecule has 78 valence electrons. The average molecular weight is 284 g/mol. The molecule has 0 amide bonds. The van der Waals surface area contributed by atoms with E-state index >= 15 is 0 Å². The van der Waals surface area contributed by atoms with Crippen molar-refractivity contribution in [1.29, 1.82) is 0 Å². The Morgan fingerprint density at radius 2 is 2.07 bits per heavy atom. The predicted octanol–water partition coefficient (Wildman–Crippen LogP) is 3.67. The summed E-state index contributed by atoms with van der Waals surface area (Å²) in [6, 6.07) is 9.52. The first kappa shape index (κ1) is 10.5. The van der Waals surface area contributed by atoms with Gasteiger partial charge >= 0.3 is 0 Å². The minimum Gasteiger partial charge on any atom is -0.486 e. The molecule has 1 aromatic heterocycles. The van der Waals surface area contributed by atoms with Crippen LogP contribution in [0.2, 0.25) is 0 Å². The van der Waals surface area contributed by atoms with Crippen molar-refractivity contribution < 1.29 is 4.74 Å². The highest BCUT2D eigenvalue weighted by atomic mass is 79.9. The molecule has 1 heterocycles. The van der Waals surface area contributed by atoms with Crippen LogP contribution in [0.5, 0.6) is 5.75 Å². The summed E-state index contributed by atoms with van der Waals surface area (Å²) in [5.74, 6) is 0.734. The van der Waals surface area contributed by atoms with Crippen molar-refractivity contribution in [3.05, 3.63) is 45.1 Å². The maximum atomic E-state index is 5.76. The number of rotatable bonds is 3. The zero-order chi connectivity index (χ0) is 10.7. The van der Waals surface area contributed by atoms with E-state index in [0.29, 0.717) is 12.3 Å². The van der Waals surface area contributed by atoms with Gasteiger partial charge in [-0.15, -0.1) is 11.3 Å². The standard InChI is InChI=1S/C11H10BrNOS/c12-8-5-6-15-11(8)7-14-10-4-2-1-3-9(10)13/h1-6H,7,13H2. The molecule has 0 aliphatic heterocycles. The third-order valence-electron chi connectivity index (χ3n) is 1.97. The highest BCUT2D eigenvalue weighted by Crippen LogP contribution is 2.26. The van der Waals surface area contributed by atoms with Crippen molar-refractivity contribution in [3.63, 3.8) is 0 Å². The summed E-state index contributed by atoms with van der Waals surface area (Å²) < 4.78 is 6.70. The molecule has 0 radical (unpaired) electrons. The fraction of sp³-hybridized carbons (Fsp3) is 0.0909. The van der Waals surface area contributed by atoms with Crippen molar-refractivity contribution >= 4 is 33.0 Å². The minimum atomic E-state index is 0.548. The van der Waals surface area contributed by atoms with Crippen LogP contribution in [0, 0.1) is 0 Å². The Kier molecular flexibility index (Phi) is 3.28. The molecular weight excluding hydrogens is 274 g/mol. The average Bonchev–Trinajstić information content (AvgIpc) is 2.63. The highest BCUT2D eigenvalue weighted by molar-refractivity contribution is 9.10. The fourth-order valence-electron chi connectivity index (χ4n) is 1.18. The summed E-state index contributed by atoms with van der Waals surface area (Å²) in [5.41, 5.74) is 6.44. The van der Waals surface area contributed by atoms with Crippen LogP contribution in [0.4, 0.5) is 5.69 Å². The second kappa shape index (κ2) is 4.68. The van der Waals surface area contributed by atoms with Gasteiger partial charge in [0.1, 0.15) is 12.4 Å². The summed E-state index contributed by atoms with van der Waals surface area (Å²) in [7, 11) is 0. The monoisotopic (exact) mass is 283 g/mol. The first-order valence-electron chi connectivity index (χ1n) is 4.46. The Labute approximate surface area is 101 Å². The Morgan fingerprint density at radius 1 is 1.27 bits per heavy atom. The quantitative estimate of drug-likeness (QED) is 0.873. The van der Waals surface area contributed by atoms with Gasteiger partial charge in [0.2, 0.25) is 0 Å². The lowest BCUT2D eigenvalue weighted by Crippen LogP contribution is -1.97. The van der Waals surface area contributed by atoms with Crippen LogP contribution >= 0.6 is 27.3 Å². The van der Waals surface area contributed by atoms with Crippen LogP contribution in [0.3, 0.4) is 0 Å².